The highest BCUT2D eigenvalue weighted by molar-refractivity contribution is 5.79. The normalized spacial score (nSPS) is 19.3. The number of nitrogens with one attached hydrogen (secondary N) is 1. The van der Waals surface area contributed by atoms with Crippen LogP contribution in [0.5, 0.6) is 0 Å². The SMILES string of the molecule is CC(C)N=C(NN)N1CCN(CCO)CC1. The van der Waals surface area contributed by atoms with Crippen molar-refractivity contribution in [1.29, 1.82) is 0 Å². The molecule has 6 nitrogen and oxygen atoms in total. The van der Waals surface area contributed by atoms with Crippen LogP contribution in [0.4, 0.5) is 0 Å². The van der Waals surface area contributed by atoms with Gasteiger partial charge in [-0.2, -0.15) is 0 Å². The Morgan fingerprint density at radius 3 is 2.44 bits per heavy atom. The first-order valence-corrected chi connectivity index (χ1v) is 5.80. The molecule has 0 atom stereocenters. The van der Waals surface area contributed by atoms with Gasteiger partial charge in [0.2, 0.25) is 5.96 Å². The molecule has 0 radical (unpaired) electrons. The number of β-amino-alcohol motifs (C(OH)–C–C–N with tert-alkyl or cyclic N) is 1. The summed E-state index contributed by atoms with van der Waals surface area (Å²) in [5, 5.41) is 8.85. The van der Waals surface area contributed by atoms with Crippen molar-refractivity contribution in [2.24, 2.45) is 10.8 Å². The highest BCUT2D eigenvalue weighted by Gasteiger charge is 2.18. The third-order valence-electron chi connectivity index (χ3n) is 2.60. The van der Waals surface area contributed by atoms with E-state index in [1.54, 1.807) is 0 Å². The first-order valence-electron chi connectivity index (χ1n) is 5.80. The molecule has 0 aliphatic carbocycles. The number of hydrazine groups is 1. The Bertz CT molecular complexity index is 223. The average molecular weight is 229 g/mol. The topological polar surface area (TPSA) is 77.1 Å². The van der Waals surface area contributed by atoms with Gasteiger partial charge in [-0.1, -0.05) is 0 Å². The van der Waals surface area contributed by atoms with Crippen LogP contribution in [0.25, 0.3) is 0 Å². The largest absolute Gasteiger partial charge is 0.395 e. The Hall–Kier alpha value is -0.850. The van der Waals surface area contributed by atoms with E-state index in [1.807, 2.05) is 13.8 Å². The van der Waals surface area contributed by atoms with Crippen LogP contribution in [0.3, 0.4) is 0 Å². The summed E-state index contributed by atoms with van der Waals surface area (Å²) < 4.78 is 0. The second-order valence-electron chi connectivity index (χ2n) is 4.24. The Balaban J connectivity index is 2.45. The Morgan fingerprint density at radius 2 is 2.00 bits per heavy atom. The highest BCUT2D eigenvalue weighted by atomic mass is 16.3. The lowest BCUT2D eigenvalue weighted by Crippen LogP contribution is -2.54. The summed E-state index contributed by atoms with van der Waals surface area (Å²) in [6.07, 6.45) is 0. The van der Waals surface area contributed by atoms with Gasteiger partial charge in [0.05, 0.1) is 6.61 Å². The molecule has 0 unspecified atom stereocenters. The van der Waals surface area contributed by atoms with Crippen LogP contribution >= 0.6 is 0 Å². The molecule has 1 aliphatic heterocycles. The first-order chi connectivity index (χ1) is 7.67. The molecular weight excluding hydrogens is 206 g/mol. The number of hydrogen-bond acceptors (Lipinski definition) is 4. The second kappa shape index (κ2) is 6.67. The van der Waals surface area contributed by atoms with E-state index < -0.39 is 0 Å². The van der Waals surface area contributed by atoms with Gasteiger partial charge in [0.25, 0.3) is 0 Å². The van der Waals surface area contributed by atoms with E-state index in [4.69, 9.17) is 10.9 Å². The third-order valence-corrected chi connectivity index (χ3v) is 2.60. The number of nitrogens with zero attached hydrogens (tertiary/aromatic N) is 3. The van der Waals surface area contributed by atoms with E-state index >= 15 is 0 Å². The fourth-order valence-electron chi connectivity index (χ4n) is 1.78. The quantitative estimate of drug-likeness (QED) is 0.246. The molecule has 0 saturated carbocycles. The Kier molecular flexibility index (Phi) is 5.51. The maximum absolute atomic E-state index is 8.85. The summed E-state index contributed by atoms with van der Waals surface area (Å²) in [4.78, 5) is 8.81. The van der Waals surface area contributed by atoms with Crippen LogP contribution in [0, 0.1) is 0 Å². The lowest BCUT2D eigenvalue weighted by molar-refractivity contribution is 0.145. The molecule has 0 aromatic heterocycles. The summed E-state index contributed by atoms with van der Waals surface area (Å²) in [6, 6.07) is 0.238. The van der Waals surface area contributed by atoms with Gasteiger partial charge in [0, 0.05) is 38.8 Å². The average Bonchev–Trinajstić information content (AvgIpc) is 2.27. The fraction of sp³-hybridized carbons (Fsp3) is 0.900. The number of aliphatic imine (C=N–C) groups is 1. The van der Waals surface area contributed by atoms with Gasteiger partial charge < -0.3 is 10.0 Å². The smallest absolute Gasteiger partial charge is 0.208 e. The number of nitrogens with two attached hydrogens (primary N) is 1. The van der Waals surface area contributed by atoms with Gasteiger partial charge in [0.15, 0.2) is 0 Å². The van der Waals surface area contributed by atoms with Crippen LogP contribution in [0.2, 0.25) is 0 Å². The number of guanidine groups is 1. The Labute approximate surface area is 97.1 Å². The summed E-state index contributed by atoms with van der Waals surface area (Å²) >= 11 is 0. The number of hydrogen-bond donors (Lipinski definition) is 3. The van der Waals surface area contributed by atoms with E-state index in [9.17, 15) is 0 Å². The van der Waals surface area contributed by atoms with Crippen molar-refractivity contribution in [2.75, 3.05) is 39.3 Å². The lowest BCUT2D eigenvalue weighted by Gasteiger charge is -2.35. The molecule has 94 valence electrons. The molecule has 1 saturated heterocycles. The Morgan fingerprint density at radius 1 is 1.38 bits per heavy atom. The predicted molar refractivity (Wildman–Crippen MR) is 65.0 cm³/mol. The maximum Gasteiger partial charge on any atom is 0.208 e. The number of aliphatic hydroxyl groups excluding tert-OH is 1. The van der Waals surface area contributed by atoms with Gasteiger partial charge >= 0.3 is 0 Å². The molecule has 6 heteroatoms. The third kappa shape index (κ3) is 3.96. The van der Waals surface area contributed by atoms with Crippen LogP contribution in [-0.2, 0) is 0 Å². The number of rotatable bonds is 3. The lowest BCUT2D eigenvalue weighted by atomic mass is 10.3. The van der Waals surface area contributed by atoms with Crippen molar-refractivity contribution >= 4 is 5.96 Å². The van der Waals surface area contributed by atoms with E-state index in [1.165, 1.54) is 0 Å². The maximum atomic E-state index is 8.85. The minimum absolute atomic E-state index is 0.224. The summed E-state index contributed by atoms with van der Waals surface area (Å²) in [6.45, 7) is 8.71. The van der Waals surface area contributed by atoms with E-state index in [0.29, 0.717) is 0 Å². The standard InChI is InChI=1S/C10H23N5O/c1-9(2)12-10(13-11)15-5-3-14(4-6-15)7-8-16/h9,16H,3-8,11H2,1-2H3,(H,12,13). The van der Waals surface area contributed by atoms with E-state index in [-0.39, 0.29) is 12.6 Å². The molecular formula is C10H23N5O. The monoisotopic (exact) mass is 229 g/mol. The summed E-state index contributed by atoms with van der Waals surface area (Å²) in [7, 11) is 0. The van der Waals surface area contributed by atoms with E-state index in [0.717, 1.165) is 38.7 Å². The van der Waals surface area contributed by atoms with Gasteiger partial charge in [0.1, 0.15) is 0 Å². The summed E-state index contributed by atoms with van der Waals surface area (Å²) in [5.74, 6) is 6.23. The summed E-state index contributed by atoms with van der Waals surface area (Å²) in [5.41, 5.74) is 2.66. The van der Waals surface area contributed by atoms with Crippen molar-refractivity contribution < 1.29 is 5.11 Å². The van der Waals surface area contributed by atoms with Crippen molar-refractivity contribution in [3.8, 4) is 0 Å². The van der Waals surface area contributed by atoms with Gasteiger partial charge in [-0.25, -0.2) is 10.8 Å². The van der Waals surface area contributed by atoms with Crippen molar-refractivity contribution in [3.63, 3.8) is 0 Å². The number of aliphatic hydroxyl groups is 1. The molecule has 1 aliphatic rings. The van der Waals surface area contributed by atoms with Crippen LogP contribution in [0.15, 0.2) is 4.99 Å². The molecule has 0 spiro atoms. The molecule has 1 heterocycles. The van der Waals surface area contributed by atoms with Crippen LogP contribution in [0.1, 0.15) is 13.8 Å². The zero-order valence-corrected chi connectivity index (χ0v) is 10.2. The van der Waals surface area contributed by atoms with Gasteiger partial charge in [-0.15, -0.1) is 0 Å². The first kappa shape index (κ1) is 13.2. The zero-order chi connectivity index (χ0) is 12.0. The molecule has 1 fully saturated rings. The molecule has 0 bridgehead atoms. The van der Waals surface area contributed by atoms with Crippen molar-refractivity contribution in [2.45, 2.75) is 19.9 Å². The van der Waals surface area contributed by atoms with Crippen molar-refractivity contribution in [1.82, 2.24) is 15.2 Å². The minimum Gasteiger partial charge on any atom is -0.395 e. The number of piperazine rings is 1. The molecule has 16 heavy (non-hydrogen) atoms. The highest BCUT2D eigenvalue weighted by Crippen LogP contribution is 2.02. The molecule has 0 aromatic rings. The molecule has 1 rings (SSSR count). The van der Waals surface area contributed by atoms with Gasteiger partial charge in [-0.05, 0) is 13.8 Å². The molecule has 4 N–H and O–H groups in total. The van der Waals surface area contributed by atoms with Crippen LogP contribution < -0.4 is 11.3 Å². The molecule has 0 amide bonds. The fourth-order valence-corrected chi connectivity index (χ4v) is 1.78. The van der Waals surface area contributed by atoms with E-state index in [2.05, 4.69) is 20.2 Å². The van der Waals surface area contributed by atoms with Crippen molar-refractivity contribution in [3.05, 3.63) is 0 Å². The zero-order valence-electron chi connectivity index (χ0n) is 10.2. The second-order valence-corrected chi connectivity index (χ2v) is 4.24. The predicted octanol–water partition coefficient (Wildman–Crippen LogP) is -1.18. The van der Waals surface area contributed by atoms with Gasteiger partial charge in [-0.3, -0.25) is 10.3 Å². The minimum atomic E-state index is 0.224. The van der Waals surface area contributed by atoms with Crippen LogP contribution in [-0.4, -0.2) is 66.2 Å². The molecule has 0 aromatic carbocycles.